The summed E-state index contributed by atoms with van der Waals surface area (Å²) in [4.78, 5) is 9.86. The first-order valence-corrected chi connectivity index (χ1v) is 8.22. The summed E-state index contributed by atoms with van der Waals surface area (Å²) in [5, 5.41) is 20.4. The molecular weight excluding hydrogens is 296 g/mol. The average Bonchev–Trinajstić information content (AvgIpc) is 2.46. The maximum Gasteiger partial charge on any atom is 0.269 e. The number of aliphatic hydroxyl groups excluding tert-OH is 1. The molecule has 0 aliphatic rings. The number of nitrogens with one attached hydrogen (secondary N) is 1. The molecule has 1 aromatic rings. The average molecular weight is 316 g/mol. The molecule has 1 unspecified atom stereocenters. The minimum atomic E-state index is -3.78. The molecule has 2 N–H and O–H groups in total. The van der Waals surface area contributed by atoms with Crippen molar-refractivity contribution in [2.75, 3.05) is 6.54 Å². The van der Waals surface area contributed by atoms with Gasteiger partial charge in [-0.1, -0.05) is 26.7 Å². The van der Waals surface area contributed by atoms with Crippen molar-refractivity contribution in [1.29, 1.82) is 0 Å². The number of nitro benzene ring substituents is 1. The third-order valence-corrected chi connectivity index (χ3v) is 4.87. The lowest BCUT2D eigenvalue weighted by molar-refractivity contribution is -0.384. The molecule has 0 radical (unpaired) electrons. The zero-order chi connectivity index (χ0) is 16.0. The summed E-state index contributed by atoms with van der Waals surface area (Å²) < 4.78 is 26.4. The van der Waals surface area contributed by atoms with Gasteiger partial charge in [0.1, 0.15) is 0 Å². The summed E-state index contributed by atoms with van der Waals surface area (Å²) >= 11 is 0. The van der Waals surface area contributed by atoms with Gasteiger partial charge in [0, 0.05) is 18.7 Å². The Morgan fingerprint density at radius 3 is 2.19 bits per heavy atom. The fourth-order valence-corrected chi connectivity index (χ4v) is 3.08. The van der Waals surface area contributed by atoms with Crippen molar-refractivity contribution in [1.82, 2.24) is 4.72 Å². The zero-order valence-corrected chi connectivity index (χ0v) is 12.8. The Kier molecular flexibility index (Phi) is 6.25. The number of nitro groups is 1. The lowest BCUT2D eigenvalue weighted by atomic mass is 9.97. The summed E-state index contributed by atoms with van der Waals surface area (Å²) in [6.07, 6.45) is 0.765. The first-order chi connectivity index (χ1) is 9.81. The highest BCUT2D eigenvalue weighted by molar-refractivity contribution is 7.89. The van der Waals surface area contributed by atoms with E-state index >= 15 is 0 Å². The SMILES string of the molecule is CCC(CC)C(O)CNS(=O)(=O)c1ccc([N+](=O)[O-])cc1. The number of nitrogens with zero attached hydrogens (tertiary/aromatic N) is 1. The monoisotopic (exact) mass is 316 g/mol. The molecule has 118 valence electrons. The van der Waals surface area contributed by atoms with E-state index in [1.165, 1.54) is 12.1 Å². The van der Waals surface area contributed by atoms with Crippen molar-refractivity contribution < 1.29 is 18.4 Å². The molecule has 0 amide bonds. The van der Waals surface area contributed by atoms with Crippen LogP contribution in [0.2, 0.25) is 0 Å². The largest absolute Gasteiger partial charge is 0.391 e. The molecule has 1 rings (SSSR count). The molecule has 0 bridgehead atoms. The second-order valence-corrected chi connectivity index (χ2v) is 6.51. The zero-order valence-electron chi connectivity index (χ0n) is 12.0. The van der Waals surface area contributed by atoms with Gasteiger partial charge in [-0.05, 0) is 18.1 Å². The Morgan fingerprint density at radius 1 is 1.24 bits per heavy atom. The molecule has 0 saturated carbocycles. The van der Waals surface area contributed by atoms with Crippen LogP contribution in [0.4, 0.5) is 5.69 Å². The van der Waals surface area contributed by atoms with Crippen molar-refractivity contribution in [2.24, 2.45) is 5.92 Å². The summed E-state index contributed by atoms with van der Waals surface area (Å²) in [5.74, 6) is 0.0320. The van der Waals surface area contributed by atoms with Gasteiger partial charge in [0.25, 0.3) is 5.69 Å². The Labute approximate surface area is 124 Å². The fourth-order valence-electron chi connectivity index (χ4n) is 2.02. The quantitative estimate of drug-likeness (QED) is 0.560. The van der Waals surface area contributed by atoms with Crippen LogP contribution in [0, 0.1) is 16.0 Å². The number of rotatable bonds is 8. The van der Waals surface area contributed by atoms with Crippen LogP contribution in [-0.4, -0.2) is 31.1 Å². The van der Waals surface area contributed by atoms with Crippen LogP contribution in [0.3, 0.4) is 0 Å². The third-order valence-electron chi connectivity index (χ3n) is 3.43. The summed E-state index contributed by atoms with van der Waals surface area (Å²) in [7, 11) is -3.78. The van der Waals surface area contributed by atoms with Crippen molar-refractivity contribution >= 4 is 15.7 Å². The molecule has 0 spiro atoms. The standard InChI is InChI=1S/C13H20N2O5S/c1-3-10(4-2)13(16)9-14-21(19,20)12-7-5-11(6-8-12)15(17)18/h5-8,10,13-14,16H,3-4,9H2,1-2H3. The fraction of sp³-hybridized carbons (Fsp3) is 0.538. The van der Waals surface area contributed by atoms with E-state index in [1.807, 2.05) is 13.8 Å². The third kappa shape index (κ3) is 4.76. The van der Waals surface area contributed by atoms with Crippen molar-refractivity contribution in [2.45, 2.75) is 37.7 Å². The second-order valence-electron chi connectivity index (χ2n) is 4.75. The Balaban J connectivity index is 2.75. The molecule has 21 heavy (non-hydrogen) atoms. The van der Waals surface area contributed by atoms with Crippen molar-refractivity contribution in [3.63, 3.8) is 0 Å². The first kappa shape index (κ1) is 17.5. The van der Waals surface area contributed by atoms with Crippen LogP contribution < -0.4 is 4.72 Å². The molecule has 1 atom stereocenters. The van der Waals surface area contributed by atoms with E-state index in [0.29, 0.717) is 0 Å². The Bertz CT molecular complexity index is 567. The van der Waals surface area contributed by atoms with E-state index in [4.69, 9.17) is 0 Å². The minimum absolute atomic E-state index is 0.0320. The van der Waals surface area contributed by atoms with Gasteiger partial charge < -0.3 is 5.11 Å². The Hall–Kier alpha value is -1.51. The minimum Gasteiger partial charge on any atom is -0.391 e. The molecule has 8 heteroatoms. The van der Waals surface area contributed by atoms with Gasteiger partial charge in [0.2, 0.25) is 10.0 Å². The molecule has 0 aliphatic carbocycles. The molecule has 0 fully saturated rings. The lowest BCUT2D eigenvalue weighted by Gasteiger charge is -2.20. The van der Waals surface area contributed by atoms with Gasteiger partial charge in [-0.25, -0.2) is 13.1 Å². The van der Waals surface area contributed by atoms with E-state index in [0.717, 1.165) is 25.0 Å². The number of non-ortho nitro benzene ring substituents is 1. The van der Waals surface area contributed by atoms with Gasteiger partial charge in [0.15, 0.2) is 0 Å². The number of aliphatic hydroxyl groups is 1. The van der Waals surface area contributed by atoms with Gasteiger partial charge in [0.05, 0.1) is 15.9 Å². The molecule has 0 saturated heterocycles. The van der Waals surface area contributed by atoms with Gasteiger partial charge in [-0.3, -0.25) is 10.1 Å². The van der Waals surface area contributed by atoms with Crippen molar-refractivity contribution in [3.05, 3.63) is 34.4 Å². The van der Waals surface area contributed by atoms with Crippen molar-refractivity contribution in [3.8, 4) is 0 Å². The van der Waals surface area contributed by atoms with Gasteiger partial charge in [-0.2, -0.15) is 0 Å². The van der Waals surface area contributed by atoms with Gasteiger partial charge in [-0.15, -0.1) is 0 Å². The van der Waals surface area contributed by atoms with Crippen LogP contribution in [0.25, 0.3) is 0 Å². The molecule has 0 aliphatic heterocycles. The number of sulfonamides is 1. The predicted octanol–water partition coefficient (Wildman–Crippen LogP) is 1.67. The topological polar surface area (TPSA) is 110 Å². The normalized spacial score (nSPS) is 13.3. The number of hydrogen-bond donors (Lipinski definition) is 2. The van der Waals surface area contributed by atoms with Crippen LogP contribution in [0.5, 0.6) is 0 Å². The maximum atomic E-state index is 12.0. The summed E-state index contributed by atoms with van der Waals surface area (Å²) in [6.45, 7) is 3.79. The maximum absolute atomic E-state index is 12.0. The van der Waals surface area contributed by atoms with Crippen LogP contribution in [0.1, 0.15) is 26.7 Å². The highest BCUT2D eigenvalue weighted by Gasteiger charge is 2.20. The van der Waals surface area contributed by atoms with Gasteiger partial charge >= 0.3 is 0 Å². The molecular formula is C13H20N2O5S. The molecule has 0 heterocycles. The smallest absolute Gasteiger partial charge is 0.269 e. The number of hydrogen-bond acceptors (Lipinski definition) is 5. The van der Waals surface area contributed by atoms with E-state index in [1.54, 1.807) is 0 Å². The molecule has 0 aromatic heterocycles. The van der Waals surface area contributed by atoms with Crippen LogP contribution in [-0.2, 0) is 10.0 Å². The van der Waals surface area contributed by atoms with E-state index in [9.17, 15) is 23.6 Å². The van der Waals surface area contributed by atoms with Crippen LogP contribution >= 0.6 is 0 Å². The molecule has 7 nitrogen and oxygen atoms in total. The highest BCUT2D eigenvalue weighted by atomic mass is 32.2. The molecule has 1 aromatic carbocycles. The highest BCUT2D eigenvalue weighted by Crippen LogP contribution is 2.17. The predicted molar refractivity (Wildman–Crippen MR) is 78.4 cm³/mol. The van der Waals surface area contributed by atoms with E-state index in [2.05, 4.69) is 4.72 Å². The Morgan fingerprint density at radius 2 is 1.76 bits per heavy atom. The van der Waals surface area contributed by atoms with Crippen LogP contribution in [0.15, 0.2) is 29.2 Å². The second kappa shape index (κ2) is 7.48. The first-order valence-electron chi connectivity index (χ1n) is 6.74. The van der Waals surface area contributed by atoms with E-state index < -0.39 is 21.1 Å². The number of benzene rings is 1. The summed E-state index contributed by atoms with van der Waals surface area (Å²) in [5.41, 5.74) is -0.175. The lowest BCUT2D eigenvalue weighted by Crippen LogP contribution is -2.36. The summed E-state index contributed by atoms with van der Waals surface area (Å²) in [6, 6.07) is 4.60. The van der Waals surface area contributed by atoms with E-state index in [-0.39, 0.29) is 23.0 Å².